The van der Waals surface area contributed by atoms with Crippen molar-refractivity contribution in [3.63, 3.8) is 0 Å². The Hall–Kier alpha value is -1.59. The van der Waals surface area contributed by atoms with Gasteiger partial charge >= 0.3 is 12.0 Å². The smallest absolute Gasteiger partial charge is 0.324 e. The third kappa shape index (κ3) is 3.68. The first-order chi connectivity index (χ1) is 9.22. The molecule has 1 aliphatic carbocycles. The van der Waals surface area contributed by atoms with Crippen LogP contribution in [0.3, 0.4) is 0 Å². The summed E-state index contributed by atoms with van der Waals surface area (Å²) in [4.78, 5) is 12.5. The standard InChI is InChI=1S/C13H22N4O2/c1-4-18-12-15-11(14-3)16-13(17-12)19-10-8-6-5-7-9(10)2/h9-10H,4-8H2,1-3H3,(H,14,15,16,17). The predicted molar refractivity (Wildman–Crippen MR) is 72.6 cm³/mol. The summed E-state index contributed by atoms with van der Waals surface area (Å²) in [5.74, 6) is 1.01. The lowest BCUT2D eigenvalue weighted by atomic mass is 9.88. The van der Waals surface area contributed by atoms with Crippen LogP contribution in [-0.2, 0) is 0 Å². The summed E-state index contributed by atoms with van der Waals surface area (Å²) in [5, 5.41) is 2.89. The Morgan fingerprint density at radius 2 is 1.89 bits per heavy atom. The predicted octanol–water partition coefficient (Wildman–Crippen LogP) is 2.27. The van der Waals surface area contributed by atoms with Crippen LogP contribution in [-0.4, -0.2) is 34.7 Å². The lowest BCUT2D eigenvalue weighted by Gasteiger charge is -2.28. The van der Waals surface area contributed by atoms with Gasteiger partial charge in [0.2, 0.25) is 5.95 Å². The molecule has 0 saturated heterocycles. The largest absolute Gasteiger partial charge is 0.464 e. The average molecular weight is 266 g/mol. The van der Waals surface area contributed by atoms with Gasteiger partial charge in [0, 0.05) is 7.05 Å². The second-order valence-corrected chi connectivity index (χ2v) is 4.83. The molecular formula is C13H22N4O2. The third-order valence-corrected chi connectivity index (χ3v) is 3.38. The molecule has 1 fully saturated rings. The molecule has 106 valence electrons. The van der Waals surface area contributed by atoms with Crippen LogP contribution in [0.1, 0.15) is 39.5 Å². The minimum atomic E-state index is 0.190. The van der Waals surface area contributed by atoms with Crippen molar-refractivity contribution in [1.82, 2.24) is 15.0 Å². The van der Waals surface area contributed by atoms with E-state index in [1.807, 2.05) is 6.92 Å². The van der Waals surface area contributed by atoms with Crippen molar-refractivity contribution in [3.05, 3.63) is 0 Å². The van der Waals surface area contributed by atoms with E-state index in [9.17, 15) is 0 Å². The molecule has 2 rings (SSSR count). The Kier molecular flexibility index (Phi) is 4.76. The van der Waals surface area contributed by atoms with Crippen LogP contribution in [0.4, 0.5) is 5.95 Å². The van der Waals surface area contributed by atoms with Crippen LogP contribution in [0.25, 0.3) is 0 Å². The Balaban J connectivity index is 2.11. The molecule has 1 aromatic heterocycles. The fourth-order valence-corrected chi connectivity index (χ4v) is 2.29. The highest BCUT2D eigenvalue weighted by molar-refractivity contribution is 5.26. The van der Waals surface area contributed by atoms with Crippen molar-refractivity contribution in [2.75, 3.05) is 19.0 Å². The van der Waals surface area contributed by atoms with Crippen molar-refractivity contribution in [2.24, 2.45) is 5.92 Å². The minimum Gasteiger partial charge on any atom is -0.464 e. The van der Waals surface area contributed by atoms with Crippen LogP contribution in [0.5, 0.6) is 12.0 Å². The van der Waals surface area contributed by atoms with E-state index in [0.717, 1.165) is 6.42 Å². The van der Waals surface area contributed by atoms with E-state index in [0.29, 0.717) is 30.5 Å². The first-order valence-corrected chi connectivity index (χ1v) is 6.96. The molecule has 1 aromatic rings. The Morgan fingerprint density at radius 3 is 2.58 bits per heavy atom. The van der Waals surface area contributed by atoms with Crippen LogP contribution >= 0.6 is 0 Å². The third-order valence-electron chi connectivity index (χ3n) is 3.38. The van der Waals surface area contributed by atoms with Crippen LogP contribution in [0, 0.1) is 5.92 Å². The normalized spacial score (nSPS) is 22.9. The summed E-state index contributed by atoms with van der Waals surface area (Å²) in [7, 11) is 1.76. The van der Waals surface area contributed by atoms with E-state index in [2.05, 4.69) is 27.2 Å². The molecule has 0 amide bonds. The van der Waals surface area contributed by atoms with Crippen LogP contribution in [0.15, 0.2) is 0 Å². The molecule has 6 heteroatoms. The molecule has 0 aliphatic heterocycles. The van der Waals surface area contributed by atoms with Gasteiger partial charge in [0.15, 0.2) is 0 Å². The highest BCUT2D eigenvalue weighted by Gasteiger charge is 2.24. The van der Waals surface area contributed by atoms with Crippen molar-refractivity contribution in [3.8, 4) is 12.0 Å². The highest BCUT2D eigenvalue weighted by atomic mass is 16.5. The van der Waals surface area contributed by atoms with Gasteiger partial charge in [0.25, 0.3) is 0 Å². The molecule has 2 unspecified atom stereocenters. The first kappa shape index (κ1) is 13.8. The van der Waals surface area contributed by atoms with Gasteiger partial charge in [0.1, 0.15) is 6.10 Å². The van der Waals surface area contributed by atoms with Crippen molar-refractivity contribution in [1.29, 1.82) is 0 Å². The zero-order chi connectivity index (χ0) is 13.7. The fourth-order valence-electron chi connectivity index (χ4n) is 2.29. The molecule has 1 aliphatic rings. The average Bonchev–Trinajstić information content (AvgIpc) is 2.41. The maximum atomic E-state index is 5.91. The molecule has 0 aromatic carbocycles. The summed E-state index contributed by atoms with van der Waals surface area (Å²) in [6.45, 7) is 4.63. The lowest BCUT2D eigenvalue weighted by molar-refractivity contribution is 0.0909. The lowest BCUT2D eigenvalue weighted by Crippen LogP contribution is -2.29. The minimum absolute atomic E-state index is 0.190. The zero-order valence-electron chi connectivity index (χ0n) is 11.8. The summed E-state index contributed by atoms with van der Waals surface area (Å²) >= 11 is 0. The summed E-state index contributed by atoms with van der Waals surface area (Å²) in [6.07, 6.45) is 4.94. The summed E-state index contributed by atoms with van der Waals surface area (Å²) in [6, 6.07) is 0.655. The molecule has 1 saturated carbocycles. The molecule has 0 bridgehead atoms. The first-order valence-electron chi connectivity index (χ1n) is 6.96. The Bertz CT molecular complexity index is 414. The molecule has 1 heterocycles. The number of ether oxygens (including phenoxy) is 2. The van der Waals surface area contributed by atoms with Crippen molar-refractivity contribution in [2.45, 2.75) is 45.6 Å². The van der Waals surface area contributed by atoms with Gasteiger partial charge in [-0.25, -0.2) is 0 Å². The second-order valence-electron chi connectivity index (χ2n) is 4.83. The van der Waals surface area contributed by atoms with E-state index < -0.39 is 0 Å². The molecular weight excluding hydrogens is 244 g/mol. The van der Waals surface area contributed by atoms with Crippen LogP contribution in [0.2, 0.25) is 0 Å². The number of hydrogen-bond donors (Lipinski definition) is 1. The number of hydrogen-bond acceptors (Lipinski definition) is 6. The molecule has 6 nitrogen and oxygen atoms in total. The molecule has 0 radical (unpaired) electrons. The van der Waals surface area contributed by atoms with E-state index in [-0.39, 0.29) is 6.10 Å². The van der Waals surface area contributed by atoms with Gasteiger partial charge in [-0.15, -0.1) is 4.98 Å². The monoisotopic (exact) mass is 266 g/mol. The highest BCUT2D eigenvalue weighted by Crippen LogP contribution is 2.27. The maximum Gasteiger partial charge on any atom is 0.324 e. The SMILES string of the molecule is CCOc1nc(NC)nc(OC2CCCCC2C)n1. The Labute approximate surface area is 114 Å². The molecule has 2 atom stereocenters. The van der Waals surface area contributed by atoms with E-state index in [1.54, 1.807) is 7.05 Å². The number of rotatable bonds is 5. The Morgan fingerprint density at radius 1 is 1.16 bits per heavy atom. The van der Waals surface area contributed by atoms with Gasteiger partial charge in [-0.3, -0.25) is 0 Å². The zero-order valence-corrected chi connectivity index (χ0v) is 11.8. The van der Waals surface area contributed by atoms with E-state index in [4.69, 9.17) is 9.47 Å². The molecule has 0 spiro atoms. The topological polar surface area (TPSA) is 69.2 Å². The van der Waals surface area contributed by atoms with Gasteiger partial charge in [-0.2, -0.15) is 9.97 Å². The van der Waals surface area contributed by atoms with Crippen LogP contribution < -0.4 is 14.8 Å². The number of nitrogens with one attached hydrogen (secondary N) is 1. The van der Waals surface area contributed by atoms with Gasteiger partial charge in [-0.05, 0) is 32.1 Å². The van der Waals surface area contributed by atoms with Gasteiger partial charge in [0.05, 0.1) is 6.61 Å². The summed E-state index contributed by atoms with van der Waals surface area (Å²) < 4.78 is 11.2. The van der Waals surface area contributed by atoms with E-state index in [1.165, 1.54) is 19.3 Å². The number of aromatic nitrogens is 3. The molecule has 19 heavy (non-hydrogen) atoms. The number of nitrogens with zero attached hydrogens (tertiary/aromatic N) is 3. The summed E-state index contributed by atoms with van der Waals surface area (Å²) in [5.41, 5.74) is 0. The molecule has 1 N–H and O–H groups in total. The van der Waals surface area contributed by atoms with Crippen molar-refractivity contribution < 1.29 is 9.47 Å². The van der Waals surface area contributed by atoms with E-state index >= 15 is 0 Å². The second kappa shape index (κ2) is 6.54. The number of anilines is 1. The van der Waals surface area contributed by atoms with Gasteiger partial charge in [-0.1, -0.05) is 13.3 Å². The maximum absolute atomic E-state index is 5.91. The van der Waals surface area contributed by atoms with Crippen molar-refractivity contribution >= 4 is 5.95 Å². The fraction of sp³-hybridized carbons (Fsp3) is 0.769. The van der Waals surface area contributed by atoms with Gasteiger partial charge < -0.3 is 14.8 Å². The quantitative estimate of drug-likeness (QED) is 0.881.